The maximum atomic E-state index is 13.1. The van der Waals surface area contributed by atoms with E-state index in [2.05, 4.69) is 23.5 Å². The molecule has 4 aromatic carbocycles. The molecule has 1 aliphatic rings. The summed E-state index contributed by atoms with van der Waals surface area (Å²) in [7, 11) is 0. The summed E-state index contributed by atoms with van der Waals surface area (Å²) in [6.45, 7) is 8.13. The number of nitrogens with one attached hydrogen (secondary N) is 1. The standard InChI is InChI=1S/C34H32N2O5S/c1-5-40-29-17-24(13-14-28(29)41-20-26-11-8-10-25-9-6-7-12-27(25)26)18-30-33(38)36(34(39)42-30)19-31(37)35-32-22(3)15-21(2)16-23(32)4/h6-18H,5,19-20H2,1-4H3,(H,35,37)/b30-18+. The Kier molecular flexibility index (Phi) is 8.64. The third-order valence-corrected chi connectivity index (χ3v) is 7.85. The molecule has 0 radical (unpaired) electrons. The Balaban J connectivity index is 1.29. The molecule has 8 heteroatoms. The number of carbonyl (C=O) groups is 3. The average Bonchev–Trinajstić information content (AvgIpc) is 3.21. The van der Waals surface area contributed by atoms with Crippen molar-refractivity contribution >= 4 is 51.4 Å². The van der Waals surface area contributed by atoms with Gasteiger partial charge >= 0.3 is 0 Å². The molecule has 4 aromatic rings. The van der Waals surface area contributed by atoms with Crippen LogP contribution in [0.5, 0.6) is 11.5 Å². The highest BCUT2D eigenvalue weighted by Gasteiger charge is 2.36. The smallest absolute Gasteiger partial charge is 0.294 e. The third-order valence-electron chi connectivity index (χ3n) is 6.95. The Hall–Kier alpha value is -4.56. The number of imide groups is 1. The highest BCUT2D eigenvalue weighted by molar-refractivity contribution is 8.18. The number of hydrogen-bond acceptors (Lipinski definition) is 6. The number of hydrogen-bond donors (Lipinski definition) is 1. The number of nitrogens with zero attached hydrogens (tertiary/aromatic N) is 1. The van der Waals surface area contributed by atoms with Crippen molar-refractivity contribution in [2.75, 3.05) is 18.5 Å². The van der Waals surface area contributed by atoms with Gasteiger partial charge < -0.3 is 14.8 Å². The fraction of sp³-hybridized carbons (Fsp3) is 0.206. The molecule has 0 spiro atoms. The van der Waals surface area contributed by atoms with E-state index in [0.717, 1.165) is 49.7 Å². The van der Waals surface area contributed by atoms with E-state index in [1.807, 2.05) is 70.2 Å². The number of thioether (sulfide) groups is 1. The maximum Gasteiger partial charge on any atom is 0.294 e. The van der Waals surface area contributed by atoms with Crippen molar-refractivity contribution in [1.82, 2.24) is 4.90 Å². The first-order valence-electron chi connectivity index (χ1n) is 13.7. The van der Waals surface area contributed by atoms with Crippen LogP contribution in [0.15, 0.2) is 77.7 Å². The molecule has 1 saturated heterocycles. The Morgan fingerprint density at radius 2 is 1.64 bits per heavy atom. The van der Waals surface area contributed by atoms with Gasteiger partial charge in [-0.05, 0) is 90.7 Å². The lowest BCUT2D eigenvalue weighted by Gasteiger charge is -2.16. The SMILES string of the molecule is CCOc1cc(/C=C2/SC(=O)N(CC(=O)Nc3c(C)cc(C)cc3C)C2=O)ccc1OCc1cccc2ccccc12. The quantitative estimate of drug-likeness (QED) is 0.208. The molecule has 1 N–H and O–H groups in total. The molecule has 1 aliphatic heterocycles. The number of rotatable bonds is 9. The lowest BCUT2D eigenvalue weighted by atomic mass is 10.1. The lowest BCUT2D eigenvalue weighted by Crippen LogP contribution is -2.36. The number of fused-ring (bicyclic) bond motifs is 1. The van der Waals surface area contributed by atoms with Crippen LogP contribution in [0.1, 0.15) is 34.7 Å². The predicted octanol–water partition coefficient (Wildman–Crippen LogP) is 7.42. The first kappa shape index (κ1) is 29.0. The minimum absolute atomic E-state index is 0.238. The fourth-order valence-corrected chi connectivity index (χ4v) is 5.90. The van der Waals surface area contributed by atoms with Gasteiger partial charge in [-0.3, -0.25) is 19.3 Å². The molecule has 42 heavy (non-hydrogen) atoms. The molecule has 0 saturated carbocycles. The highest BCUT2D eigenvalue weighted by Crippen LogP contribution is 2.35. The second-order valence-electron chi connectivity index (χ2n) is 10.2. The molecule has 0 bridgehead atoms. The molecule has 7 nitrogen and oxygen atoms in total. The van der Waals surface area contributed by atoms with Crippen LogP contribution in [-0.4, -0.2) is 35.1 Å². The van der Waals surface area contributed by atoms with Gasteiger partial charge in [0, 0.05) is 5.69 Å². The predicted molar refractivity (Wildman–Crippen MR) is 168 cm³/mol. The lowest BCUT2D eigenvalue weighted by molar-refractivity contribution is -0.127. The Morgan fingerprint density at radius 3 is 2.40 bits per heavy atom. The Morgan fingerprint density at radius 1 is 0.905 bits per heavy atom. The summed E-state index contributed by atoms with van der Waals surface area (Å²) < 4.78 is 12.0. The number of amides is 3. The minimum Gasteiger partial charge on any atom is -0.490 e. The minimum atomic E-state index is -0.508. The second-order valence-corrected chi connectivity index (χ2v) is 11.1. The topological polar surface area (TPSA) is 84.9 Å². The third kappa shape index (κ3) is 6.34. The molecule has 1 heterocycles. The second kappa shape index (κ2) is 12.5. The molecule has 0 aromatic heterocycles. The first-order chi connectivity index (χ1) is 20.2. The van der Waals surface area contributed by atoms with Gasteiger partial charge in [-0.15, -0.1) is 0 Å². The first-order valence-corrected chi connectivity index (χ1v) is 14.5. The van der Waals surface area contributed by atoms with Gasteiger partial charge in [0.1, 0.15) is 13.2 Å². The van der Waals surface area contributed by atoms with E-state index in [0.29, 0.717) is 36.0 Å². The summed E-state index contributed by atoms with van der Waals surface area (Å²) >= 11 is 0.812. The number of ether oxygens (including phenoxy) is 2. The zero-order chi connectivity index (χ0) is 29.8. The highest BCUT2D eigenvalue weighted by atomic mass is 32.2. The molecule has 214 valence electrons. The van der Waals surface area contributed by atoms with Crippen molar-refractivity contribution < 1.29 is 23.9 Å². The maximum absolute atomic E-state index is 13.1. The van der Waals surface area contributed by atoms with Crippen LogP contribution in [0.4, 0.5) is 10.5 Å². The summed E-state index contributed by atoms with van der Waals surface area (Å²) in [5.41, 5.74) is 5.37. The summed E-state index contributed by atoms with van der Waals surface area (Å²) in [6, 6.07) is 23.6. The summed E-state index contributed by atoms with van der Waals surface area (Å²) in [5, 5.41) is 4.64. The van der Waals surface area contributed by atoms with Crippen LogP contribution < -0.4 is 14.8 Å². The molecule has 5 rings (SSSR count). The monoisotopic (exact) mass is 580 g/mol. The van der Waals surface area contributed by atoms with E-state index in [9.17, 15) is 14.4 Å². The normalized spacial score (nSPS) is 14.1. The van der Waals surface area contributed by atoms with Gasteiger partial charge in [0.15, 0.2) is 11.5 Å². The zero-order valence-corrected chi connectivity index (χ0v) is 24.8. The van der Waals surface area contributed by atoms with Gasteiger partial charge in [0.2, 0.25) is 5.91 Å². The van der Waals surface area contributed by atoms with E-state index in [1.165, 1.54) is 0 Å². The zero-order valence-electron chi connectivity index (χ0n) is 24.0. The van der Waals surface area contributed by atoms with Crippen LogP contribution >= 0.6 is 11.8 Å². The van der Waals surface area contributed by atoms with Crippen molar-refractivity contribution in [2.45, 2.75) is 34.3 Å². The van der Waals surface area contributed by atoms with Crippen molar-refractivity contribution in [3.63, 3.8) is 0 Å². The number of carbonyl (C=O) groups excluding carboxylic acids is 3. The van der Waals surface area contributed by atoms with Gasteiger partial charge in [-0.25, -0.2) is 0 Å². The molecule has 0 atom stereocenters. The van der Waals surface area contributed by atoms with Gasteiger partial charge in [-0.1, -0.05) is 66.2 Å². The number of aryl methyl sites for hydroxylation is 3. The van der Waals surface area contributed by atoms with Crippen LogP contribution in [-0.2, 0) is 16.2 Å². The Bertz CT molecular complexity index is 1700. The molecular formula is C34H32N2O5S. The fourth-order valence-electron chi connectivity index (χ4n) is 5.06. The van der Waals surface area contributed by atoms with Crippen molar-refractivity contribution in [3.8, 4) is 11.5 Å². The van der Waals surface area contributed by atoms with E-state index in [1.54, 1.807) is 18.2 Å². The largest absolute Gasteiger partial charge is 0.490 e. The van der Waals surface area contributed by atoms with Crippen LogP contribution in [0.3, 0.4) is 0 Å². The van der Waals surface area contributed by atoms with Crippen molar-refractivity contribution in [2.24, 2.45) is 0 Å². The average molecular weight is 581 g/mol. The molecule has 0 unspecified atom stereocenters. The molecule has 0 aliphatic carbocycles. The summed E-state index contributed by atoms with van der Waals surface area (Å²) in [4.78, 5) is 39.8. The van der Waals surface area contributed by atoms with Crippen molar-refractivity contribution in [1.29, 1.82) is 0 Å². The van der Waals surface area contributed by atoms with Crippen LogP contribution in [0, 0.1) is 20.8 Å². The molecular weight excluding hydrogens is 548 g/mol. The number of benzene rings is 4. The van der Waals surface area contributed by atoms with E-state index < -0.39 is 17.1 Å². The van der Waals surface area contributed by atoms with Crippen LogP contribution in [0.25, 0.3) is 16.8 Å². The summed E-state index contributed by atoms with van der Waals surface area (Å²) in [5.74, 6) is 0.175. The van der Waals surface area contributed by atoms with E-state index in [-0.39, 0.29) is 11.4 Å². The van der Waals surface area contributed by atoms with E-state index in [4.69, 9.17) is 9.47 Å². The number of anilines is 1. The van der Waals surface area contributed by atoms with Crippen molar-refractivity contribution in [3.05, 3.63) is 106 Å². The molecule has 3 amide bonds. The van der Waals surface area contributed by atoms with E-state index >= 15 is 0 Å². The Labute approximate surface area is 249 Å². The molecule has 1 fully saturated rings. The van der Waals surface area contributed by atoms with Gasteiger partial charge in [0.05, 0.1) is 11.5 Å². The van der Waals surface area contributed by atoms with Gasteiger partial charge in [-0.2, -0.15) is 0 Å². The van der Waals surface area contributed by atoms with Gasteiger partial charge in [0.25, 0.3) is 11.1 Å². The summed E-state index contributed by atoms with van der Waals surface area (Å²) in [6.07, 6.45) is 1.63. The van der Waals surface area contributed by atoms with Crippen LogP contribution in [0.2, 0.25) is 0 Å².